The van der Waals surface area contributed by atoms with E-state index in [9.17, 15) is 14.9 Å². The van der Waals surface area contributed by atoms with Crippen molar-refractivity contribution in [2.45, 2.75) is 63.8 Å². The Hall–Kier alpha value is -6.11. The van der Waals surface area contributed by atoms with Gasteiger partial charge in [-0.15, -0.1) is 11.6 Å². The Kier molecular flexibility index (Phi) is 11.7. The number of halogens is 1. The minimum absolute atomic E-state index is 0.0851. The van der Waals surface area contributed by atoms with E-state index in [4.69, 9.17) is 21.6 Å². The first-order valence-corrected chi connectivity index (χ1v) is 18.0. The van der Waals surface area contributed by atoms with E-state index in [1.54, 1.807) is 30.8 Å². The summed E-state index contributed by atoms with van der Waals surface area (Å²) in [6, 6.07) is 20.5. The maximum absolute atomic E-state index is 11.9. The summed E-state index contributed by atoms with van der Waals surface area (Å²) in [5.74, 6) is 0.951. The van der Waals surface area contributed by atoms with Crippen LogP contribution in [0.3, 0.4) is 0 Å². The average molecular weight is 729 g/mol. The smallest absolute Gasteiger partial charge is 0.342 e. The number of H-pyrrole nitrogens is 1. The van der Waals surface area contributed by atoms with E-state index in [2.05, 4.69) is 54.3 Å². The van der Waals surface area contributed by atoms with Crippen LogP contribution in [-0.4, -0.2) is 55.1 Å². The number of nitrogens with one attached hydrogen (secondary N) is 1. The molecule has 0 saturated heterocycles. The number of hydrogen-bond acceptors (Lipinski definition) is 10. The highest BCUT2D eigenvalue weighted by Crippen LogP contribution is 2.41. The minimum Gasteiger partial charge on any atom is -0.462 e. The van der Waals surface area contributed by atoms with Crippen LogP contribution < -0.4 is 0 Å². The van der Waals surface area contributed by atoms with Gasteiger partial charge in [0, 0.05) is 35.2 Å². The zero-order valence-electron chi connectivity index (χ0n) is 29.4. The summed E-state index contributed by atoms with van der Waals surface area (Å²) in [7, 11) is 0. The van der Waals surface area contributed by atoms with Gasteiger partial charge in [0.1, 0.15) is 29.0 Å². The molecule has 0 aliphatic heterocycles. The molecule has 53 heavy (non-hydrogen) atoms. The molecule has 2 fully saturated rings. The van der Waals surface area contributed by atoms with Crippen molar-refractivity contribution in [2.24, 2.45) is 0 Å². The van der Waals surface area contributed by atoms with Crippen LogP contribution in [0.25, 0.3) is 21.8 Å². The Morgan fingerprint density at radius 2 is 1.38 bits per heavy atom. The number of hydrogen-bond donors (Lipinski definition) is 1. The molecule has 2 aliphatic carbocycles. The van der Waals surface area contributed by atoms with Crippen LogP contribution in [0, 0.1) is 22.7 Å². The molecule has 4 heterocycles. The van der Waals surface area contributed by atoms with E-state index in [1.807, 2.05) is 42.7 Å². The number of aromatic amines is 1. The van der Waals surface area contributed by atoms with Crippen LogP contribution in [0.4, 0.5) is 0 Å². The Bertz CT molecular complexity index is 2350. The topological polar surface area (TPSA) is 172 Å². The van der Waals surface area contributed by atoms with Gasteiger partial charge in [-0.3, -0.25) is 19.7 Å². The van der Waals surface area contributed by atoms with Crippen LogP contribution in [0.5, 0.6) is 0 Å². The highest BCUT2D eigenvalue weighted by atomic mass is 35.5. The number of nitriles is 2. The molecule has 1 N–H and O–H groups in total. The second kappa shape index (κ2) is 16.9. The lowest BCUT2D eigenvalue weighted by Crippen LogP contribution is -2.05. The molecular formula is C40H37ClN8O4. The van der Waals surface area contributed by atoms with Gasteiger partial charge in [0.05, 0.1) is 37.0 Å². The van der Waals surface area contributed by atoms with Crippen LogP contribution in [0.15, 0.2) is 73.3 Å². The molecular weight excluding hydrogens is 692 g/mol. The Labute approximate surface area is 311 Å². The SMILES string of the molecule is CCOC(=O)c1cn(Cc2ccc3ncc(C4CC4)cc3c2)nc1C#N.CCOC(=O)c1cn[nH]c1C#N.ClCc1ccc2ncc(C3CC3)cc2c1. The molecule has 12 nitrogen and oxygen atoms in total. The van der Waals surface area contributed by atoms with Crippen molar-refractivity contribution in [2.75, 3.05) is 13.2 Å². The van der Waals surface area contributed by atoms with Crippen molar-refractivity contribution in [3.63, 3.8) is 0 Å². The fraction of sp³-hybridized carbons (Fsp3) is 0.300. The summed E-state index contributed by atoms with van der Waals surface area (Å²) >= 11 is 5.82. The first-order valence-electron chi connectivity index (χ1n) is 17.4. The lowest BCUT2D eigenvalue weighted by Gasteiger charge is -2.06. The zero-order chi connectivity index (χ0) is 37.3. The molecule has 4 aromatic heterocycles. The van der Waals surface area contributed by atoms with Gasteiger partial charge in [-0.1, -0.05) is 12.1 Å². The number of pyridine rings is 2. The molecule has 13 heteroatoms. The van der Waals surface area contributed by atoms with Gasteiger partial charge in [0.2, 0.25) is 0 Å². The van der Waals surface area contributed by atoms with Gasteiger partial charge < -0.3 is 9.47 Å². The molecule has 0 bridgehead atoms. The summed E-state index contributed by atoms with van der Waals surface area (Å²) in [6.07, 6.45) is 12.0. The van der Waals surface area contributed by atoms with Crippen LogP contribution in [-0.2, 0) is 21.9 Å². The second-order valence-electron chi connectivity index (χ2n) is 12.7. The molecule has 2 aromatic carbocycles. The highest BCUT2D eigenvalue weighted by molar-refractivity contribution is 6.17. The van der Waals surface area contributed by atoms with E-state index in [1.165, 1.54) is 54.0 Å². The number of carbonyl (C=O) groups is 2. The summed E-state index contributed by atoms with van der Waals surface area (Å²) < 4.78 is 11.3. The fourth-order valence-electron chi connectivity index (χ4n) is 5.72. The van der Waals surface area contributed by atoms with Crippen LogP contribution >= 0.6 is 11.6 Å². The van der Waals surface area contributed by atoms with E-state index in [0.717, 1.165) is 27.9 Å². The first kappa shape index (κ1) is 36.7. The Morgan fingerprint density at radius 3 is 1.91 bits per heavy atom. The predicted octanol–water partition coefficient (Wildman–Crippen LogP) is 7.71. The van der Waals surface area contributed by atoms with Gasteiger partial charge in [-0.25, -0.2) is 9.59 Å². The van der Waals surface area contributed by atoms with Crippen LogP contribution in [0.1, 0.15) is 106 Å². The quantitative estimate of drug-likeness (QED) is 0.115. The highest BCUT2D eigenvalue weighted by Gasteiger charge is 2.25. The number of alkyl halides is 1. The second-order valence-corrected chi connectivity index (χ2v) is 13.0. The molecule has 2 saturated carbocycles. The van der Waals surface area contributed by atoms with Crippen LogP contribution in [0.2, 0.25) is 0 Å². The summed E-state index contributed by atoms with van der Waals surface area (Å²) in [4.78, 5) is 32.0. The number of esters is 2. The molecule has 0 spiro atoms. The maximum atomic E-state index is 11.9. The zero-order valence-corrected chi connectivity index (χ0v) is 30.1. The number of carbonyl (C=O) groups excluding carboxylic acids is 2. The van der Waals surface area contributed by atoms with Crippen molar-refractivity contribution >= 4 is 45.3 Å². The third-order valence-corrected chi connectivity index (χ3v) is 9.05. The molecule has 0 atom stereocenters. The normalized spacial score (nSPS) is 13.2. The van der Waals surface area contributed by atoms with Crippen molar-refractivity contribution < 1.29 is 19.1 Å². The average Bonchev–Trinajstić information content (AvgIpc) is 4.12. The van der Waals surface area contributed by atoms with Gasteiger partial charge in [-0.2, -0.15) is 20.7 Å². The van der Waals surface area contributed by atoms with Crippen molar-refractivity contribution in [3.8, 4) is 12.1 Å². The third-order valence-electron chi connectivity index (χ3n) is 8.74. The van der Waals surface area contributed by atoms with Gasteiger partial charge in [0.25, 0.3) is 0 Å². The first-order chi connectivity index (χ1) is 25.8. The third kappa shape index (κ3) is 9.23. The molecule has 0 unspecified atom stereocenters. The number of benzene rings is 2. The molecule has 0 amide bonds. The minimum atomic E-state index is -0.525. The van der Waals surface area contributed by atoms with Crippen molar-refractivity contribution in [1.29, 1.82) is 10.5 Å². The van der Waals surface area contributed by atoms with E-state index < -0.39 is 11.9 Å². The number of fused-ring (bicyclic) bond motifs is 2. The number of aromatic nitrogens is 6. The van der Waals surface area contributed by atoms with E-state index >= 15 is 0 Å². The number of ether oxygens (including phenoxy) is 2. The Morgan fingerprint density at radius 1 is 0.811 bits per heavy atom. The summed E-state index contributed by atoms with van der Waals surface area (Å²) in [6.45, 7) is 4.44. The van der Waals surface area contributed by atoms with Crippen molar-refractivity contribution in [1.82, 2.24) is 29.9 Å². The number of nitrogens with zero attached hydrogens (tertiary/aromatic N) is 7. The molecule has 8 rings (SSSR count). The molecule has 6 aromatic rings. The predicted molar refractivity (Wildman–Crippen MR) is 198 cm³/mol. The van der Waals surface area contributed by atoms with Gasteiger partial charge in [0.15, 0.2) is 5.69 Å². The fourth-order valence-corrected chi connectivity index (χ4v) is 5.89. The molecule has 0 radical (unpaired) electrons. The Balaban J connectivity index is 0.000000150. The standard InChI is InChI=1S/C20H18N4O2.C13H12ClN.C7H7N3O2/c1-2-26-20(25)17-12-24(23-19(17)9-21)11-13-3-6-18-15(7-13)8-16(10-22-18)14-4-5-14;14-7-9-1-4-13-11(5-9)6-12(8-15-13)10-2-3-10;1-2-12-7(11)5-4-9-10-6(5)3-8/h3,6-8,10,12,14H,2,4-5,11H2,1H3;1,4-6,8,10H,2-3,7H2;4H,2H2,1H3,(H,9,10). The largest absolute Gasteiger partial charge is 0.462 e. The van der Waals surface area contributed by atoms with E-state index in [-0.39, 0.29) is 35.7 Å². The monoisotopic (exact) mass is 728 g/mol. The molecule has 268 valence electrons. The summed E-state index contributed by atoms with van der Waals surface area (Å²) in [5, 5.41) is 30.2. The number of rotatable bonds is 9. The lowest BCUT2D eigenvalue weighted by molar-refractivity contribution is 0.0516. The summed E-state index contributed by atoms with van der Waals surface area (Å²) in [5.41, 5.74) is 7.51. The lowest BCUT2D eigenvalue weighted by atomic mass is 10.1. The van der Waals surface area contributed by atoms with Gasteiger partial charge >= 0.3 is 11.9 Å². The van der Waals surface area contributed by atoms with Gasteiger partial charge in [-0.05, 0) is 110 Å². The maximum Gasteiger partial charge on any atom is 0.342 e. The molecule has 2 aliphatic rings. The van der Waals surface area contributed by atoms with E-state index in [0.29, 0.717) is 18.3 Å². The van der Waals surface area contributed by atoms with Crippen molar-refractivity contribution in [3.05, 3.63) is 118 Å².